The standard InChI is InChI=1S/C14H23F3N2S/c1-5-6-18-10(8-14(15,16)17)7-12-19-11(9-20-12)13(2,3)4/h9-10,18H,5-8H2,1-4H3. The van der Waals surface area contributed by atoms with Crippen LogP contribution in [0.3, 0.4) is 0 Å². The molecule has 1 N–H and O–H groups in total. The van der Waals surface area contributed by atoms with Gasteiger partial charge < -0.3 is 5.32 Å². The van der Waals surface area contributed by atoms with E-state index >= 15 is 0 Å². The normalized spacial score (nSPS) is 14.6. The number of nitrogens with one attached hydrogen (secondary N) is 1. The number of thiazole rings is 1. The molecular weight excluding hydrogens is 285 g/mol. The van der Waals surface area contributed by atoms with Crippen molar-refractivity contribution in [2.24, 2.45) is 0 Å². The minimum absolute atomic E-state index is 0.0644. The molecule has 0 aromatic carbocycles. The summed E-state index contributed by atoms with van der Waals surface area (Å²) < 4.78 is 37.7. The summed E-state index contributed by atoms with van der Waals surface area (Å²) in [6.07, 6.45) is -3.80. The molecule has 0 fully saturated rings. The molecule has 1 rings (SSSR count). The Hall–Kier alpha value is -0.620. The van der Waals surface area contributed by atoms with Crippen molar-refractivity contribution in [3.05, 3.63) is 16.1 Å². The third kappa shape index (κ3) is 6.22. The fraction of sp³-hybridized carbons (Fsp3) is 0.786. The lowest BCUT2D eigenvalue weighted by molar-refractivity contribution is -0.139. The Bertz CT molecular complexity index is 407. The zero-order valence-corrected chi connectivity index (χ0v) is 13.3. The SMILES string of the molecule is CCCNC(Cc1nc(C(C)(C)C)cs1)CC(F)(F)F. The number of nitrogens with zero attached hydrogens (tertiary/aromatic N) is 1. The van der Waals surface area contributed by atoms with Gasteiger partial charge in [-0.15, -0.1) is 11.3 Å². The van der Waals surface area contributed by atoms with Gasteiger partial charge in [-0.3, -0.25) is 0 Å². The van der Waals surface area contributed by atoms with Gasteiger partial charge in [0.2, 0.25) is 0 Å². The van der Waals surface area contributed by atoms with Crippen LogP contribution in [0.15, 0.2) is 5.38 Å². The Kier molecular flexibility index (Phi) is 6.01. The fourth-order valence-corrected chi connectivity index (χ4v) is 2.91. The molecule has 0 aliphatic rings. The van der Waals surface area contributed by atoms with Gasteiger partial charge in [-0.25, -0.2) is 4.98 Å². The van der Waals surface area contributed by atoms with Crippen LogP contribution in [0.5, 0.6) is 0 Å². The molecule has 0 spiro atoms. The lowest BCUT2D eigenvalue weighted by Gasteiger charge is -2.19. The topological polar surface area (TPSA) is 24.9 Å². The fourth-order valence-electron chi connectivity index (χ4n) is 1.80. The first kappa shape index (κ1) is 17.4. The predicted octanol–water partition coefficient (Wildman–Crippen LogP) is 4.30. The number of hydrogen-bond acceptors (Lipinski definition) is 3. The van der Waals surface area contributed by atoms with Gasteiger partial charge in [0.1, 0.15) is 0 Å². The number of aromatic nitrogens is 1. The van der Waals surface area contributed by atoms with E-state index in [0.717, 1.165) is 17.1 Å². The van der Waals surface area contributed by atoms with Gasteiger partial charge in [0.05, 0.1) is 17.1 Å². The smallest absolute Gasteiger partial charge is 0.313 e. The second-order valence-electron chi connectivity index (χ2n) is 6.05. The van der Waals surface area contributed by atoms with Crippen LogP contribution in [0.4, 0.5) is 13.2 Å². The molecule has 20 heavy (non-hydrogen) atoms. The summed E-state index contributed by atoms with van der Waals surface area (Å²) >= 11 is 1.45. The predicted molar refractivity (Wildman–Crippen MR) is 77.3 cm³/mol. The average molecular weight is 308 g/mol. The van der Waals surface area contributed by atoms with Gasteiger partial charge in [0.15, 0.2) is 0 Å². The molecule has 0 saturated carbocycles. The molecule has 6 heteroatoms. The van der Waals surface area contributed by atoms with E-state index in [0.29, 0.717) is 13.0 Å². The second-order valence-corrected chi connectivity index (χ2v) is 6.99. The summed E-state index contributed by atoms with van der Waals surface area (Å²) in [5.41, 5.74) is 0.879. The zero-order chi connectivity index (χ0) is 15.4. The molecule has 0 radical (unpaired) electrons. The van der Waals surface area contributed by atoms with Crippen LogP contribution in [-0.4, -0.2) is 23.7 Å². The first-order chi connectivity index (χ1) is 9.12. The molecule has 1 atom stereocenters. The summed E-state index contributed by atoms with van der Waals surface area (Å²) in [4.78, 5) is 4.47. The quantitative estimate of drug-likeness (QED) is 0.847. The van der Waals surface area contributed by atoms with Crippen molar-refractivity contribution >= 4 is 11.3 Å². The Balaban J connectivity index is 2.71. The van der Waals surface area contributed by atoms with Crippen molar-refractivity contribution in [3.63, 3.8) is 0 Å². The van der Waals surface area contributed by atoms with Crippen molar-refractivity contribution in [1.29, 1.82) is 0 Å². The molecule has 0 aliphatic heterocycles. The van der Waals surface area contributed by atoms with Crippen LogP contribution in [0.1, 0.15) is 51.2 Å². The van der Waals surface area contributed by atoms with Gasteiger partial charge in [0.25, 0.3) is 0 Å². The molecule has 1 aromatic heterocycles. The van der Waals surface area contributed by atoms with Crippen LogP contribution in [-0.2, 0) is 11.8 Å². The van der Waals surface area contributed by atoms with Crippen molar-refractivity contribution in [3.8, 4) is 0 Å². The van der Waals surface area contributed by atoms with Crippen molar-refractivity contribution in [2.75, 3.05) is 6.54 Å². The Labute approximate surface area is 122 Å². The maximum absolute atomic E-state index is 12.6. The zero-order valence-electron chi connectivity index (χ0n) is 12.5. The summed E-state index contributed by atoms with van der Waals surface area (Å²) in [6, 6.07) is -0.589. The maximum Gasteiger partial charge on any atom is 0.390 e. The van der Waals surface area contributed by atoms with Crippen LogP contribution in [0.2, 0.25) is 0 Å². The van der Waals surface area contributed by atoms with E-state index in [4.69, 9.17) is 0 Å². The molecular formula is C14H23F3N2S. The minimum atomic E-state index is -4.14. The minimum Gasteiger partial charge on any atom is -0.313 e. The molecule has 116 valence electrons. The number of hydrogen-bond donors (Lipinski definition) is 1. The van der Waals surface area contributed by atoms with Crippen molar-refractivity contribution < 1.29 is 13.2 Å². The van der Waals surface area contributed by atoms with E-state index < -0.39 is 18.6 Å². The van der Waals surface area contributed by atoms with E-state index in [1.807, 2.05) is 33.1 Å². The number of halogens is 3. The van der Waals surface area contributed by atoms with Crippen LogP contribution in [0.25, 0.3) is 0 Å². The highest BCUT2D eigenvalue weighted by molar-refractivity contribution is 7.09. The van der Waals surface area contributed by atoms with Crippen molar-refractivity contribution in [1.82, 2.24) is 10.3 Å². The van der Waals surface area contributed by atoms with E-state index in [2.05, 4.69) is 10.3 Å². The highest BCUT2D eigenvalue weighted by Gasteiger charge is 2.32. The molecule has 1 aromatic rings. The lowest BCUT2D eigenvalue weighted by atomic mass is 9.93. The van der Waals surface area contributed by atoms with Crippen LogP contribution in [0, 0.1) is 0 Å². The van der Waals surface area contributed by atoms with E-state index in [1.165, 1.54) is 11.3 Å². The molecule has 0 saturated heterocycles. The Morgan fingerprint density at radius 2 is 1.95 bits per heavy atom. The molecule has 1 unspecified atom stereocenters. The van der Waals surface area contributed by atoms with Gasteiger partial charge in [-0.2, -0.15) is 13.2 Å². The van der Waals surface area contributed by atoms with Crippen LogP contribution < -0.4 is 5.32 Å². The maximum atomic E-state index is 12.6. The highest BCUT2D eigenvalue weighted by atomic mass is 32.1. The highest BCUT2D eigenvalue weighted by Crippen LogP contribution is 2.27. The first-order valence-corrected chi connectivity index (χ1v) is 7.75. The molecule has 2 nitrogen and oxygen atoms in total. The van der Waals surface area contributed by atoms with Gasteiger partial charge >= 0.3 is 6.18 Å². The largest absolute Gasteiger partial charge is 0.390 e. The van der Waals surface area contributed by atoms with E-state index in [-0.39, 0.29) is 5.41 Å². The summed E-state index contributed by atoms with van der Waals surface area (Å²) in [5.74, 6) is 0. The second kappa shape index (κ2) is 6.89. The van der Waals surface area contributed by atoms with Gasteiger partial charge in [-0.05, 0) is 13.0 Å². The first-order valence-electron chi connectivity index (χ1n) is 6.87. The average Bonchev–Trinajstić information content (AvgIpc) is 2.72. The Morgan fingerprint density at radius 3 is 2.40 bits per heavy atom. The van der Waals surface area contributed by atoms with Gasteiger partial charge in [0, 0.05) is 23.3 Å². The molecule has 0 amide bonds. The summed E-state index contributed by atoms with van der Waals surface area (Å²) in [5, 5.41) is 5.68. The van der Waals surface area contributed by atoms with Crippen molar-refractivity contribution in [2.45, 2.75) is 64.6 Å². The summed E-state index contributed by atoms with van der Waals surface area (Å²) in [6.45, 7) is 8.69. The molecule has 0 bridgehead atoms. The van der Waals surface area contributed by atoms with E-state index in [9.17, 15) is 13.2 Å². The van der Waals surface area contributed by atoms with Crippen LogP contribution >= 0.6 is 11.3 Å². The summed E-state index contributed by atoms with van der Waals surface area (Å²) in [7, 11) is 0. The lowest BCUT2D eigenvalue weighted by Crippen LogP contribution is -2.36. The monoisotopic (exact) mass is 308 g/mol. The number of rotatable bonds is 6. The number of alkyl halides is 3. The van der Waals surface area contributed by atoms with E-state index in [1.54, 1.807) is 0 Å². The van der Waals surface area contributed by atoms with Gasteiger partial charge in [-0.1, -0.05) is 27.7 Å². The molecule has 1 heterocycles. The third-order valence-corrected chi connectivity index (χ3v) is 3.77. The molecule has 0 aliphatic carbocycles. The Morgan fingerprint density at radius 1 is 1.30 bits per heavy atom. The third-order valence-electron chi connectivity index (χ3n) is 2.90.